The summed E-state index contributed by atoms with van der Waals surface area (Å²) in [5, 5.41) is 4.09. The van der Waals surface area contributed by atoms with Crippen molar-refractivity contribution in [2.75, 3.05) is 0 Å². The zero-order chi connectivity index (χ0) is 12.3. The van der Waals surface area contributed by atoms with Crippen LogP contribution in [0.1, 0.15) is 28.0 Å². The van der Waals surface area contributed by atoms with Crippen LogP contribution in [0.4, 0.5) is 0 Å². The molecule has 2 rings (SSSR count). The van der Waals surface area contributed by atoms with Crippen molar-refractivity contribution in [1.29, 1.82) is 0 Å². The Balaban J connectivity index is 2.01. The average Bonchev–Trinajstić information content (AvgIpc) is 2.72. The van der Waals surface area contributed by atoms with Crippen molar-refractivity contribution in [3.05, 3.63) is 53.3 Å². The van der Waals surface area contributed by atoms with E-state index in [1.807, 2.05) is 49.0 Å². The number of rotatable bonds is 4. The monoisotopic (exact) mass is 228 g/mol. The van der Waals surface area contributed by atoms with Crippen molar-refractivity contribution in [2.45, 2.75) is 19.8 Å². The minimum Gasteiger partial charge on any atom is -0.294 e. The second-order valence-electron chi connectivity index (χ2n) is 4.24. The van der Waals surface area contributed by atoms with Gasteiger partial charge in [0.15, 0.2) is 5.78 Å². The zero-order valence-electron chi connectivity index (χ0n) is 10.2. The van der Waals surface area contributed by atoms with E-state index in [4.69, 9.17) is 0 Å². The Bertz CT molecular complexity index is 529. The molecule has 0 aliphatic carbocycles. The lowest BCUT2D eigenvalue weighted by Gasteiger charge is -2.03. The predicted octanol–water partition coefficient (Wildman–Crippen LogP) is 2.54. The van der Waals surface area contributed by atoms with E-state index in [2.05, 4.69) is 5.10 Å². The van der Waals surface area contributed by atoms with Crippen molar-refractivity contribution in [3.8, 4) is 0 Å². The van der Waals surface area contributed by atoms with E-state index in [-0.39, 0.29) is 5.78 Å². The van der Waals surface area contributed by atoms with Gasteiger partial charge in [-0.1, -0.05) is 23.8 Å². The fourth-order valence-electron chi connectivity index (χ4n) is 1.85. The molecule has 0 saturated carbocycles. The van der Waals surface area contributed by atoms with E-state index < -0.39 is 0 Å². The Hall–Kier alpha value is -1.90. The topological polar surface area (TPSA) is 34.9 Å². The fourth-order valence-corrected chi connectivity index (χ4v) is 1.85. The molecule has 0 radical (unpaired) electrons. The molecule has 3 heteroatoms. The number of aromatic nitrogens is 2. The Morgan fingerprint density at radius 3 is 2.82 bits per heavy atom. The van der Waals surface area contributed by atoms with Crippen LogP contribution in [0.2, 0.25) is 0 Å². The number of nitrogens with zero attached hydrogens (tertiary/aromatic N) is 2. The highest BCUT2D eigenvalue weighted by molar-refractivity contribution is 5.96. The molecule has 0 spiro atoms. The summed E-state index contributed by atoms with van der Waals surface area (Å²) in [6.45, 7) is 2.00. The zero-order valence-corrected chi connectivity index (χ0v) is 10.2. The molecular weight excluding hydrogens is 212 g/mol. The van der Waals surface area contributed by atoms with Crippen molar-refractivity contribution in [2.24, 2.45) is 7.05 Å². The maximum atomic E-state index is 12.0. The highest BCUT2D eigenvalue weighted by Crippen LogP contribution is 2.09. The van der Waals surface area contributed by atoms with Crippen LogP contribution in [0.15, 0.2) is 36.5 Å². The number of ketones is 1. The molecule has 3 nitrogen and oxygen atoms in total. The lowest BCUT2D eigenvalue weighted by atomic mass is 10.0. The molecule has 0 bridgehead atoms. The molecule has 1 heterocycles. The molecule has 0 unspecified atom stereocenters. The molecule has 0 fully saturated rings. The quantitative estimate of drug-likeness (QED) is 0.754. The number of carbonyl (C=O) groups excluding carboxylic acids is 1. The number of carbonyl (C=O) groups is 1. The largest absolute Gasteiger partial charge is 0.294 e. The van der Waals surface area contributed by atoms with Gasteiger partial charge >= 0.3 is 0 Å². The third kappa shape index (κ3) is 2.81. The summed E-state index contributed by atoms with van der Waals surface area (Å²) in [7, 11) is 1.90. The van der Waals surface area contributed by atoms with Gasteiger partial charge < -0.3 is 0 Å². The van der Waals surface area contributed by atoms with Gasteiger partial charge in [0.05, 0.1) is 0 Å². The molecule has 0 saturated heterocycles. The minimum atomic E-state index is 0.190. The standard InChI is InChI=1S/C14H16N2O/c1-11-4-3-5-12(10-11)14(17)7-6-13-8-9-15-16(13)2/h3-5,8-10H,6-7H2,1-2H3. The Kier molecular flexibility index (Phi) is 3.38. The van der Waals surface area contributed by atoms with Gasteiger partial charge in [-0.05, 0) is 25.5 Å². The van der Waals surface area contributed by atoms with Gasteiger partial charge in [0.2, 0.25) is 0 Å². The van der Waals surface area contributed by atoms with E-state index in [1.54, 1.807) is 6.20 Å². The van der Waals surface area contributed by atoms with E-state index in [1.165, 1.54) is 0 Å². The normalized spacial score (nSPS) is 10.5. The third-order valence-corrected chi connectivity index (χ3v) is 2.87. The molecule has 1 aromatic heterocycles. The first-order valence-electron chi connectivity index (χ1n) is 5.73. The molecule has 0 atom stereocenters. The van der Waals surface area contributed by atoms with Crippen molar-refractivity contribution in [3.63, 3.8) is 0 Å². The highest BCUT2D eigenvalue weighted by Gasteiger charge is 2.07. The molecule has 1 aromatic carbocycles. The SMILES string of the molecule is Cc1cccc(C(=O)CCc2ccnn2C)c1. The molecular formula is C14H16N2O. The molecule has 0 aliphatic rings. The second kappa shape index (κ2) is 4.95. The number of Topliss-reactive ketones (excluding diaryl/α,β-unsaturated/α-hetero) is 1. The van der Waals surface area contributed by atoms with Crippen molar-refractivity contribution < 1.29 is 4.79 Å². The van der Waals surface area contributed by atoms with Crippen molar-refractivity contribution in [1.82, 2.24) is 9.78 Å². The molecule has 2 aromatic rings. The summed E-state index contributed by atoms with van der Waals surface area (Å²) >= 11 is 0. The first kappa shape index (κ1) is 11.6. The average molecular weight is 228 g/mol. The number of hydrogen-bond acceptors (Lipinski definition) is 2. The number of hydrogen-bond donors (Lipinski definition) is 0. The lowest BCUT2D eigenvalue weighted by Crippen LogP contribution is -2.04. The third-order valence-electron chi connectivity index (χ3n) is 2.87. The van der Waals surface area contributed by atoms with Gasteiger partial charge in [-0.15, -0.1) is 0 Å². The lowest BCUT2D eigenvalue weighted by molar-refractivity contribution is 0.0982. The summed E-state index contributed by atoms with van der Waals surface area (Å²) in [6, 6.07) is 9.68. The smallest absolute Gasteiger partial charge is 0.163 e. The van der Waals surface area contributed by atoms with E-state index in [9.17, 15) is 4.79 Å². The Morgan fingerprint density at radius 2 is 2.18 bits per heavy atom. The van der Waals surface area contributed by atoms with Crippen molar-refractivity contribution >= 4 is 5.78 Å². The molecule has 0 aliphatic heterocycles. The fraction of sp³-hybridized carbons (Fsp3) is 0.286. The molecule has 0 N–H and O–H groups in total. The summed E-state index contributed by atoms with van der Waals surface area (Å²) in [5.74, 6) is 0.190. The van der Waals surface area contributed by atoms with Gasteiger partial charge in [0, 0.05) is 30.9 Å². The minimum absolute atomic E-state index is 0.190. The van der Waals surface area contributed by atoms with Crippen LogP contribution in [0, 0.1) is 6.92 Å². The van der Waals surface area contributed by atoms with Gasteiger partial charge in [0.25, 0.3) is 0 Å². The summed E-state index contributed by atoms with van der Waals surface area (Å²) < 4.78 is 1.81. The first-order valence-corrected chi connectivity index (χ1v) is 5.73. The van der Waals surface area contributed by atoms with Gasteiger partial charge in [-0.3, -0.25) is 9.48 Å². The van der Waals surface area contributed by atoms with Gasteiger partial charge in [0.1, 0.15) is 0 Å². The number of aryl methyl sites for hydroxylation is 3. The molecule has 88 valence electrons. The van der Waals surface area contributed by atoms with E-state index in [0.29, 0.717) is 6.42 Å². The van der Waals surface area contributed by atoms with Crippen LogP contribution in [0.5, 0.6) is 0 Å². The van der Waals surface area contributed by atoms with Crippen LogP contribution in [0.25, 0.3) is 0 Å². The summed E-state index contributed by atoms with van der Waals surface area (Å²) in [4.78, 5) is 12.0. The van der Waals surface area contributed by atoms with Gasteiger partial charge in [-0.2, -0.15) is 5.10 Å². The summed E-state index contributed by atoms with van der Waals surface area (Å²) in [5.41, 5.74) is 3.01. The maximum absolute atomic E-state index is 12.0. The van der Waals surface area contributed by atoms with Crippen LogP contribution >= 0.6 is 0 Å². The summed E-state index contributed by atoms with van der Waals surface area (Å²) in [6.07, 6.45) is 3.03. The first-order chi connectivity index (χ1) is 8.16. The van der Waals surface area contributed by atoms with Crippen LogP contribution in [0.3, 0.4) is 0 Å². The Labute approximate surface area is 101 Å². The second-order valence-corrected chi connectivity index (χ2v) is 4.24. The maximum Gasteiger partial charge on any atom is 0.163 e. The van der Waals surface area contributed by atoms with Gasteiger partial charge in [-0.25, -0.2) is 0 Å². The van der Waals surface area contributed by atoms with E-state index in [0.717, 1.165) is 23.2 Å². The van der Waals surface area contributed by atoms with Crippen LogP contribution in [-0.2, 0) is 13.5 Å². The molecule has 0 amide bonds. The predicted molar refractivity (Wildman–Crippen MR) is 67.0 cm³/mol. The van der Waals surface area contributed by atoms with Crippen LogP contribution in [-0.4, -0.2) is 15.6 Å². The number of benzene rings is 1. The Morgan fingerprint density at radius 1 is 1.35 bits per heavy atom. The highest BCUT2D eigenvalue weighted by atomic mass is 16.1. The molecule has 17 heavy (non-hydrogen) atoms. The van der Waals surface area contributed by atoms with Crippen LogP contribution < -0.4 is 0 Å². The van der Waals surface area contributed by atoms with E-state index >= 15 is 0 Å².